The zero-order valence-corrected chi connectivity index (χ0v) is 12.4. The van der Waals surface area contributed by atoms with Crippen LogP contribution in [0, 0.1) is 0 Å². The third-order valence-electron chi connectivity index (χ3n) is 2.89. The van der Waals surface area contributed by atoms with Crippen molar-refractivity contribution >= 4 is 17.7 Å². The molecular formula is C12H21NO7S. The minimum absolute atomic E-state index is 0.0432. The van der Waals surface area contributed by atoms with E-state index in [1.807, 2.05) is 6.26 Å². The zero-order chi connectivity index (χ0) is 15.8. The van der Waals surface area contributed by atoms with Gasteiger partial charge in [0.25, 0.3) is 0 Å². The predicted octanol–water partition coefficient (Wildman–Crippen LogP) is -2.20. The maximum absolute atomic E-state index is 11.3. The molecule has 1 heterocycles. The summed E-state index contributed by atoms with van der Waals surface area (Å²) in [6, 6.07) is 0. The number of hydrogen-bond acceptors (Lipinski definition) is 8. The Balaban J connectivity index is 2.34. The molecule has 5 atom stereocenters. The standard InChI is InChI=1S/C12H21NO7S/c1-21-5-2-8(15)13-3-4-19-12-11(18)10(17)9(16)7(6-14)20-12/h2,5,7,9-12,14,16-18H,3-4,6H2,1H3,(H,13,15)/b5-2+/t7-,9-,10+,11-,12-/m1/s1. The molecule has 8 nitrogen and oxygen atoms in total. The van der Waals surface area contributed by atoms with Crippen LogP contribution in [0.1, 0.15) is 0 Å². The molecule has 0 spiro atoms. The van der Waals surface area contributed by atoms with Crippen LogP contribution in [0.3, 0.4) is 0 Å². The molecule has 0 aromatic heterocycles. The summed E-state index contributed by atoms with van der Waals surface area (Å²) in [6.45, 7) is -0.283. The normalized spacial score (nSPS) is 33.3. The summed E-state index contributed by atoms with van der Waals surface area (Å²) in [6.07, 6.45) is -3.31. The van der Waals surface area contributed by atoms with E-state index in [1.54, 1.807) is 5.41 Å². The first-order valence-corrected chi connectivity index (χ1v) is 7.69. The highest BCUT2D eigenvalue weighted by Crippen LogP contribution is 2.21. The Hall–Kier alpha value is -0.680. The lowest BCUT2D eigenvalue weighted by atomic mass is 9.99. The molecule has 1 fully saturated rings. The van der Waals surface area contributed by atoms with Crippen LogP contribution in [0.15, 0.2) is 11.5 Å². The molecule has 0 unspecified atom stereocenters. The van der Waals surface area contributed by atoms with Gasteiger partial charge in [0.15, 0.2) is 6.29 Å². The van der Waals surface area contributed by atoms with E-state index in [4.69, 9.17) is 14.6 Å². The Morgan fingerprint density at radius 3 is 2.67 bits per heavy atom. The number of aliphatic hydroxyl groups is 4. The van der Waals surface area contributed by atoms with E-state index in [-0.39, 0.29) is 19.1 Å². The molecule has 0 aromatic rings. The fourth-order valence-corrected chi connectivity index (χ4v) is 2.00. The van der Waals surface area contributed by atoms with Crippen molar-refractivity contribution in [3.8, 4) is 0 Å². The van der Waals surface area contributed by atoms with Crippen LogP contribution in [0.5, 0.6) is 0 Å². The van der Waals surface area contributed by atoms with E-state index in [9.17, 15) is 20.1 Å². The first-order chi connectivity index (χ1) is 10.0. The van der Waals surface area contributed by atoms with Crippen LogP contribution < -0.4 is 5.32 Å². The number of hydrogen-bond donors (Lipinski definition) is 5. The topological polar surface area (TPSA) is 128 Å². The summed E-state index contributed by atoms with van der Waals surface area (Å²) in [7, 11) is 0. The smallest absolute Gasteiger partial charge is 0.244 e. The lowest BCUT2D eigenvalue weighted by Gasteiger charge is -2.39. The molecule has 1 aliphatic heterocycles. The van der Waals surface area contributed by atoms with E-state index in [1.165, 1.54) is 17.8 Å². The molecule has 1 aliphatic rings. The Labute approximate surface area is 126 Å². The minimum Gasteiger partial charge on any atom is -0.394 e. The average molecular weight is 323 g/mol. The highest BCUT2D eigenvalue weighted by molar-refractivity contribution is 8.01. The number of carbonyl (C=O) groups excluding carboxylic acids is 1. The fraction of sp³-hybridized carbons (Fsp3) is 0.750. The number of thioether (sulfide) groups is 1. The van der Waals surface area contributed by atoms with Crippen LogP contribution >= 0.6 is 11.8 Å². The second-order valence-electron chi connectivity index (χ2n) is 4.40. The van der Waals surface area contributed by atoms with Crippen molar-refractivity contribution < 1.29 is 34.7 Å². The Bertz CT molecular complexity index is 352. The summed E-state index contributed by atoms with van der Waals surface area (Å²) < 4.78 is 10.3. The summed E-state index contributed by atoms with van der Waals surface area (Å²) in [5.74, 6) is -0.276. The van der Waals surface area contributed by atoms with Gasteiger partial charge in [-0.05, 0) is 11.7 Å². The largest absolute Gasteiger partial charge is 0.394 e. The maximum atomic E-state index is 11.3. The van der Waals surface area contributed by atoms with E-state index < -0.39 is 37.3 Å². The average Bonchev–Trinajstić information content (AvgIpc) is 2.49. The fourth-order valence-electron chi connectivity index (χ4n) is 1.74. The Morgan fingerprint density at radius 1 is 1.33 bits per heavy atom. The van der Waals surface area contributed by atoms with Gasteiger partial charge in [-0.3, -0.25) is 4.79 Å². The summed E-state index contributed by atoms with van der Waals surface area (Å²) in [4.78, 5) is 11.3. The number of nitrogens with one attached hydrogen (secondary N) is 1. The van der Waals surface area contributed by atoms with Gasteiger partial charge in [0.2, 0.25) is 5.91 Å². The quantitative estimate of drug-likeness (QED) is 0.264. The van der Waals surface area contributed by atoms with Gasteiger partial charge < -0.3 is 35.2 Å². The van der Waals surface area contributed by atoms with Crippen molar-refractivity contribution in [3.05, 3.63) is 11.5 Å². The third-order valence-corrected chi connectivity index (χ3v) is 3.30. The van der Waals surface area contributed by atoms with E-state index in [0.29, 0.717) is 0 Å². The minimum atomic E-state index is -1.47. The molecule has 21 heavy (non-hydrogen) atoms. The van der Waals surface area contributed by atoms with Gasteiger partial charge in [-0.15, -0.1) is 11.8 Å². The van der Waals surface area contributed by atoms with Crippen molar-refractivity contribution in [1.82, 2.24) is 5.32 Å². The number of ether oxygens (including phenoxy) is 2. The van der Waals surface area contributed by atoms with Crippen molar-refractivity contribution in [2.24, 2.45) is 0 Å². The predicted molar refractivity (Wildman–Crippen MR) is 75.4 cm³/mol. The highest BCUT2D eigenvalue weighted by atomic mass is 32.2. The molecule has 0 saturated carbocycles. The van der Waals surface area contributed by atoms with Crippen LogP contribution in [-0.4, -0.2) is 83.1 Å². The van der Waals surface area contributed by atoms with Crippen molar-refractivity contribution in [3.63, 3.8) is 0 Å². The van der Waals surface area contributed by atoms with Crippen molar-refractivity contribution in [2.75, 3.05) is 26.0 Å². The molecule has 1 rings (SSSR count). The zero-order valence-electron chi connectivity index (χ0n) is 11.6. The maximum Gasteiger partial charge on any atom is 0.244 e. The second-order valence-corrected chi connectivity index (χ2v) is 5.14. The third kappa shape index (κ3) is 5.55. The van der Waals surface area contributed by atoms with Gasteiger partial charge in [0, 0.05) is 12.6 Å². The lowest BCUT2D eigenvalue weighted by molar-refractivity contribution is -0.300. The molecule has 0 aromatic carbocycles. The van der Waals surface area contributed by atoms with E-state index >= 15 is 0 Å². The van der Waals surface area contributed by atoms with Gasteiger partial charge >= 0.3 is 0 Å². The first kappa shape index (κ1) is 18.4. The Morgan fingerprint density at radius 2 is 2.05 bits per heavy atom. The number of rotatable bonds is 7. The highest BCUT2D eigenvalue weighted by Gasteiger charge is 2.43. The monoisotopic (exact) mass is 323 g/mol. The van der Waals surface area contributed by atoms with Gasteiger partial charge in [-0.25, -0.2) is 0 Å². The number of carbonyl (C=O) groups is 1. The summed E-state index contributed by atoms with van der Waals surface area (Å²) >= 11 is 1.39. The van der Waals surface area contributed by atoms with Crippen molar-refractivity contribution in [1.29, 1.82) is 0 Å². The van der Waals surface area contributed by atoms with Crippen molar-refractivity contribution in [2.45, 2.75) is 30.7 Å². The molecule has 0 aliphatic carbocycles. The van der Waals surface area contributed by atoms with Gasteiger partial charge in [0.1, 0.15) is 24.4 Å². The summed E-state index contributed by atoms with van der Waals surface area (Å²) in [5.41, 5.74) is 0. The number of amides is 1. The SMILES string of the molecule is CS/C=C/C(=O)NCCO[C@@H]1O[C@H](CO)[C@@H](O)[C@H](O)[C@H]1O. The van der Waals surface area contributed by atoms with Gasteiger partial charge in [0.05, 0.1) is 13.2 Å². The molecule has 1 amide bonds. The van der Waals surface area contributed by atoms with Gasteiger partial charge in [-0.2, -0.15) is 0 Å². The molecule has 122 valence electrons. The molecule has 0 radical (unpaired) electrons. The van der Waals surface area contributed by atoms with Crippen LogP contribution in [0.25, 0.3) is 0 Å². The molecular weight excluding hydrogens is 302 g/mol. The lowest BCUT2D eigenvalue weighted by Crippen LogP contribution is -2.59. The van der Waals surface area contributed by atoms with Gasteiger partial charge in [-0.1, -0.05) is 0 Å². The van der Waals surface area contributed by atoms with E-state index in [2.05, 4.69) is 5.32 Å². The van der Waals surface area contributed by atoms with E-state index in [0.717, 1.165) is 0 Å². The van der Waals surface area contributed by atoms with Crippen LogP contribution in [-0.2, 0) is 14.3 Å². The number of aliphatic hydroxyl groups excluding tert-OH is 4. The van der Waals surface area contributed by atoms with Crippen LogP contribution in [0.2, 0.25) is 0 Å². The summed E-state index contributed by atoms with van der Waals surface area (Å²) in [5, 5.41) is 42.0. The Kier molecular flexibility index (Phi) is 8.19. The first-order valence-electron chi connectivity index (χ1n) is 6.40. The molecule has 9 heteroatoms. The molecule has 5 N–H and O–H groups in total. The molecule has 1 saturated heterocycles. The van der Waals surface area contributed by atoms with Crippen LogP contribution in [0.4, 0.5) is 0 Å². The molecule has 0 bridgehead atoms. The second kappa shape index (κ2) is 9.36.